The fraction of sp³-hybridized carbons (Fsp3) is 0.368. The minimum absolute atomic E-state index is 0.0336. The summed E-state index contributed by atoms with van der Waals surface area (Å²) in [7, 11) is 0. The topological polar surface area (TPSA) is 79.6 Å². The summed E-state index contributed by atoms with van der Waals surface area (Å²) < 4.78 is 0. The lowest BCUT2D eigenvalue weighted by Gasteiger charge is -2.22. The highest BCUT2D eigenvalue weighted by atomic mass is 16.6. The Bertz CT molecular complexity index is 795. The Morgan fingerprint density at radius 3 is 2.62 bits per heavy atom. The second-order valence-corrected chi connectivity index (χ2v) is 6.32. The Balaban J connectivity index is 1.93. The predicted octanol–water partition coefficient (Wildman–Crippen LogP) is 3.11. The zero-order valence-corrected chi connectivity index (χ0v) is 14.8. The Morgan fingerprint density at radius 2 is 1.92 bits per heavy atom. The standard InChI is InChI=1S/C19H22N4O3/c1-2-11-21-12-6-13-22(14-18(21)24)17-10-9-16(23(25)26)19(20-17)15-7-4-3-5-8-15/h3-5,7-10H,2,6,11-14H2,1H3. The van der Waals surface area contributed by atoms with Crippen LogP contribution in [0.2, 0.25) is 0 Å². The predicted molar refractivity (Wildman–Crippen MR) is 100 cm³/mol. The molecule has 0 radical (unpaired) electrons. The van der Waals surface area contributed by atoms with E-state index in [9.17, 15) is 14.9 Å². The van der Waals surface area contributed by atoms with Gasteiger partial charge in [0.1, 0.15) is 5.82 Å². The summed E-state index contributed by atoms with van der Waals surface area (Å²) in [6.45, 7) is 4.50. The number of hydrogen-bond donors (Lipinski definition) is 0. The van der Waals surface area contributed by atoms with Gasteiger partial charge in [-0.25, -0.2) is 4.98 Å². The zero-order chi connectivity index (χ0) is 18.5. The number of pyridine rings is 1. The summed E-state index contributed by atoms with van der Waals surface area (Å²) >= 11 is 0. The van der Waals surface area contributed by atoms with Gasteiger partial charge in [0.05, 0.1) is 11.5 Å². The number of benzene rings is 1. The van der Waals surface area contributed by atoms with Crippen LogP contribution in [0.1, 0.15) is 19.8 Å². The maximum atomic E-state index is 12.5. The van der Waals surface area contributed by atoms with E-state index in [4.69, 9.17) is 0 Å². The molecular weight excluding hydrogens is 332 g/mol. The van der Waals surface area contributed by atoms with Crippen LogP contribution in [0, 0.1) is 10.1 Å². The molecule has 2 heterocycles. The SMILES string of the molecule is CCCN1CCCN(c2ccc([N+](=O)[O-])c(-c3ccccc3)n2)CC1=O. The van der Waals surface area contributed by atoms with Crippen molar-refractivity contribution >= 4 is 17.4 Å². The molecule has 2 aromatic rings. The number of carbonyl (C=O) groups is 1. The van der Waals surface area contributed by atoms with Gasteiger partial charge in [-0.1, -0.05) is 37.3 Å². The number of hydrogen-bond acceptors (Lipinski definition) is 5. The molecule has 1 saturated heterocycles. The first kappa shape index (κ1) is 17.8. The Kier molecular flexibility index (Phi) is 5.46. The van der Waals surface area contributed by atoms with E-state index < -0.39 is 4.92 Å². The molecule has 7 heteroatoms. The minimum Gasteiger partial charge on any atom is -0.347 e. The highest BCUT2D eigenvalue weighted by molar-refractivity contribution is 5.82. The summed E-state index contributed by atoms with van der Waals surface area (Å²) in [5.41, 5.74) is 0.985. The van der Waals surface area contributed by atoms with Crippen molar-refractivity contribution in [2.24, 2.45) is 0 Å². The van der Waals surface area contributed by atoms with Crippen molar-refractivity contribution in [1.29, 1.82) is 0 Å². The summed E-state index contributed by atoms with van der Waals surface area (Å²) in [6, 6.07) is 12.2. The molecule has 1 aromatic carbocycles. The number of aromatic nitrogens is 1. The molecular formula is C19H22N4O3. The number of carbonyl (C=O) groups excluding carboxylic acids is 1. The molecule has 0 unspecified atom stereocenters. The number of anilines is 1. The molecule has 1 aliphatic rings. The second kappa shape index (κ2) is 7.95. The normalized spacial score (nSPS) is 15.0. The van der Waals surface area contributed by atoms with Crippen LogP contribution in [0.25, 0.3) is 11.3 Å². The van der Waals surface area contributed by atoms with Crippen molar-refractivity contribution in [1.82, 2.24) is 9.88 Å². The minimum atomic E-state index is -0.421. The first-order valence-corrected chi connectivity index (χ1v) is 8.83. The van der Waals surface area contributed by atoms with Crippen molar-refractivity contribution in [3.8, 4) is 11.3 Å². The van der Waals surface area contributed by atoms with Gasteiger partial charge in [0.2, 0.25) is 5.91 Å². The number of rotatable bonds is 5. The van der Waals surface area contributed by atoms with E-state index in [1.807, 2.05) is 28.0 Å². The molecule has 0 spiro atoms. The van der Waals surface area contributed by atoms with Gasteiger partial charge in [-0.2, -0.15) is 0 Å². The van der Waals surface area contributed by atoms with E-state index in [-0.39, 0.29) is 18.1 Å². The molecule has 1 aromatic heterocycles. The van der Waals surface area contributed by atoms with Crippen molar-refractivity contribution < 1.29 is 9.72 Å². The summed E-state index contributed by atoms with van der Waals surface area (Å²) in [5, 5.41) is 11.4. The summed E-state index contributed by atoms with van der Waals surface area (Å²) in [4.78, 5) is 31.8. The number of amides is 1. The smallest absolute Gasteiger partial charge is 0.295 e. The average Bonchev–Trinajstić information content (AvgIpc) is 2.84. The van der Waals surface area contributed by atoms with Crippen molar-refractivity contribution in [3.63, 3.8) is 0 Å². The molecule has 0 saturated carbocycles. The van der Waals surface area contributed by atoms with Crippen LogP contribution < -0.4 is 4.90 Å². The molecule has 0 bridgehead atoms. The largest absolute Gasteiger partial charge is 0.347 e. The van der Waals surface area contributed by atoms with Crippen molar-refractivity contribution in [3.05, 3.63) is 52.6 Å². The zero-order valence-electron chi connectivity index (χ0n) is 14.8. The van der Waals surface area contributed by atoms with Gasteiger partial charge in [0, 0.05) is 31.3 Å². The van der Waals surface area contributed by atoms with E-state index in [0.717, 1.165) is 25.9 Å². The molecule has 0 aliphatic carbocycles. The third-order valence-corrected chi connectivity index (χ3v) is 4.46. The second-order valence-electron chi connectivity index (χ2n) is 6.32. The molecule has 136 valence electrons. The van der Waals surface area contributed by atoms with Crippen LogP contribution in [-0.2, 0) is 4.79 Å². The van der Waals surface area contributed by atoms with Crippen molar-refractivity contribution in [2.45, 2.75) is 19.8 Å². The molecule has 1 amide bonds. The fourth-order valence-electron chi connectivity index (χ4n) is 3.19. The van der Waals surface area contributed by atoms with Crippen LogP contribution in [0.3, 0.4) is 0 Å². The average molecular weight is 354 g/mol. The van der Waals surface area contributed by atoms with E-state index >= 15 is 0 Å². The Hall–Kier alpha value is -2.96. The lowest BCUT2D eigenvalue weighted by molar-refractivity contribution is -0.384. The molecule has 0 N–H and O–H groups in total. The van der Waals surface area contributed by atoms with E-state index in [2.05, 4.69) is 11.9 Å². The first-order valence-electron chi connectivity index (χ1n) is 8.83. The molecule has 3 rings (SSSR count). The highest BCUT2D eigenvalue weighted by Gasteiger charge is 2.24. The monoisotopic (exact) mass is 354 g/mol. The van der Waals surface area contributed by atoms with Crippen molar-refractivity contribution in [2.75, 3.05) is 31.1 Å². The third-order valence-electron chi connectivity index (χ3n) is 4.46. The molecule has 1 aliphatic heterocycles. The molecule has 7 nitrogen and oxygen atoms in total. The fourth-order valence-corrected chi connectivity index (χ4v) is 3.19. The number of nitrogens with zero attached hydrogens (tertiary/aromatic N) is 4. The van der Waals surface area contributed by atoms with Crippen LogP contribution in [0.15, 0.2) is 42.5 Å². The maximum Gasteiger partial charge on any atom is 0.295 e. The summed E-state index contributed by atoms with van der Waals surface area (Å²) in [6.07, 6.45) is 1.78. The van der Waals surface area contributed by atoms with Gasteiger partial charge in [-0.05, 0) is 18.9 Å². The Morgan fingerprint density at radius 1 is 1.15 bits per heavy atom. The van der Waals surface area contributed by atoms with E-state index in [0.29, 0.717) is 23.6 Å². The van der Waals surface area contributed by atoms with Gasteiger partial charge < -0.3 is 9.80 Å². The Labute approximate surface area is 152 Å². The quantitative estimate of drug-likeness (QED) is 0.609. The van der Waals surface area contributed by atoms with Crippen LogP contribution >= 0.6 is 0 Å². The highest BCUT2D eigenvalue weighted by Crippen LogP contribution is 2.30. The first-order chi connectivity index (χ1) is 12.6. The molecule has 1 fully saturated rings. The lowest BCUT2D eigenvalue weighted by atomic mass is 10.1. The maximum absolute atomic E-state index is 12.5. The van der Waals surface area contributed by atoms with Gasteiger partial charge in [0.15, 0.2) is 5.69 Å². The van der Waals surface area contributed by atoms with Gasteiger partial charge >= 0.3 is 0 Å². The van der Waals surface area contributed by atoms with Crippen LogP contribution in [-0.4, -0.2) is 46.9 Å². The molecule has 0 atom stereocenters. The number of nitro groups is 1. The van der Waals surface area contributed by atoms with E-state index in [1.54, 1.807) is 18.2 Å². The van der Waals surface area contributed by atoms with E-state index in [1.165, 1.54) is 6.07 Å². The lowest BCUT2D eigenvalue weighted by Crippen LogP contribution is -2.37. The van der Waals surface area contributed by atoms with Crippen LogP contribution in [0.4, 0.5) is 11.5 Å². The van der Waals surface area contributed by atoms with Crippen LogP contribution in [0.5, 0.6) is 0 Å². The van der Waals surface area contributed by atoms with Gasteiger partial charge in [-0.15, -0.1) is 0 Å². The molecule has 26 heavy (non-hydrogen) atoms. The van der Waals surface area contributed by atoms with Gasteiger partial charge in [-0.3, -0.25) is 14.9 Å². The third kappa shape index (κ3) is 3.82. The summed E-state index contributed by atoms with van der Waals surface area (Å²) in [5.74, 6) is 0.673. The van der Waals surface area contributed by atoms with Gasteiger partial charge in [0.25, 0.3) is 5.69 Å².